The number of anilines is 1. The smallest absolute Gasteiger partial charge is 0.159 e. The minimum absolute atomic E-state index is 0.0513. The normalized spacial score (nSPS) is 22.0. The number of methoxy groups -OCH3 is 2. The first-order valence-corrected chi connectivity index (χ1v) is 6.86. The molecule has 0 aromatic carbocycles. The van der Waals surface area contributed by atoms with Gasteiger partial charge in [-0.2, -0.15) is 0 Å². The van der Waals surface area contributed by atoms with E-state index in [9.17, 15) is 0 Å². The summed E-state index contributed by atoms with van der Waals surface area (Å²) in [6.07, 6.45) is 7.23. The molecule has 0 bridgehead atoms. The van der Waals surface area contributed by atoms with Crippen molar-refractivity contribution >= 4 is 5.82 Å². The third-order valence-electron chi connectivity index (χ3n) is 3.83. The molecule has 1 fully saturated rings. The molecule has 21 heavy (non-hydrogen) atoms. The maximum Gasteiger partial charge on any atom is 0.159 e. The first-order chi connectivity index (χ1) is 10.2. The number of ether oxygens (including phenoxy) is 2. The van der Waals surface area contributed by atoms with Gasteiger partial charge in [0.05, 0.1) is 12.4 Å². The first-order valence-electron chi connectivity index (χ1n) is 6.86. The molecule has 3 rings (SSSR count). The van der Waals surface area contributed by atoms with E-state index in [0.717, 1.165) is 30.5 Å². The van der Waals surface area contributed by atoms with Crippen LogP contribution >= 0.6 is 0 Å². The van der Waals surface area contributed by atoms with E-state index in [1.165, 1.54) is 0 Å². The lowest BCUT2D eigenvalue weighted by molar-refractivity contribution is -0.00461. The molecule has 0 saturated carbocycles. The van der Waals surface area contributed by atoms with Crippen molar-refractivity contribution in [2.45, 2.75) is 19.1 Å². The fourth-order valence-electron chi connectivity index (χ4n) is 2.62. The summed E-state index contributed by atoms with van der Waals surface area (Å²) < 4.78 is 12.8. The van der Waals surface area contributed by atoms with Crippen LogP contribution in [0.3, 0.4) is 0 Å². The molecule has 0 N–H and O–H groups in total. The third-order valence-corrected chi connectivity index (χ3v) is 3.83. The Morgan fingerprint density at radius 2 is 1.76 bits per heavy atom. The largest absolute Gasteiger partial charge is 0.377 e. The van der Waals surface area contributed by atoms with Crippen molar-refractivity contribution in [2.24, 2.45) is 0 Å². The number of hydrogen-bond donors (Lipinski definition) is 0. The van der Waals surface area contributed by atoms with E-state index in [0.29, 0.717) is 0 Å². The van der Waals surface area contributed by atoms with Gasteiger partial charge in [-0.1, -0.05) is 0 Å². The molecule has 2 atom stereocenters. The quantitative estimate of drug-likeness (QED) is 0.830. The number of hydrogen-bond acceptors (Lipinski definition) is 6. The molecular formula is C14H19N5O2. The Morgan fingerprint density at radius 1 is 1.10 bits per heavy atom. The summed E-state index contributed by atoms with van der Waals surface area (Å²) in [7, 11) is 3.41. The van der Waals surface area contributed by atoms with Crippen LogP contribution in [0.15, 0.2) is 24.8 Å². The fraction of sp³-hybridized carbons (Fsp3) is 0.500. The summed E-state index contributed by atoms with van der Waals surface area (Å²) in [6.45, 7) is 3.43. The lowest BCUT2D eigenvalue weighted by Crippen LogP contribution is -2.27. The lowest BCUT2D eigenvalue weighted by atomic mass is 10.3. The summed E-state index contributed by atoms with van der Waals surface area (Å²) in [5.74, 6) is 2.46. The van der Waals surface area contributed by atoms with Gasteiger partial charge in [-0.15, -0.1) is 0 Å². The van der Waals surface area contributed by atoms with Gasteiger partial charge in [0.2, 0.25) is 0 Å². The Labute approximate surface area is 123 Å². The first kappa shape index (κ1) is 14.0. The van der Waals surface area contributed by atoms with Crippen molar-refractivity contribution in [3.8, 4) is 5.82 Å². The van der Waals surface area contributed by atoms with Gasteiger partial charge in [0.15, 0.2) is 5.82 Å². The molecule has 0 unspecified atom stereocenters. The Hall–Kier alpha value is -1.99. The molecule has 7 heteroatoms. The lowest BCUT2D eigenvalue weighted by Gasteiger charge is -2.17. The molecule has 2 aromatic rings. The van der Waals surface area contributed by atoms with Crippen molar-refractivity contribution in [1.82, 2.24) is 19.5 Å². The highest BCUT2D eigenvalue weighted by molar-refractivity contribution is 5.42. The second-order valence-corrected chi connectivity index (χ2v) is 5.03. The number of nitrogens with zero attached hydrogens (tertiary/aromatic N) is 5. The summed E-state index contributed by atoms with van der Waals surface area (Å²) in [5.41, 5.74) is 0. The molecule has 1 aliphatic heterocycles. The number of aromatic nitrogens is 4. The highest BCUT2D eigenvalue weighted by atomic mass is 16.5. The minimum atomic E-state index is 0.0513. The average Bonchev–Trinajstić information content (AvgIpc) is 3.13. The van der Waals surface area contributed by atoms with Gasteiger partial charge in [0.1, 0.15) is 23.9 Å². The van der Waals surface area contributed by atoms with Crippen molar-refractivity contribution < 1.29 is 9.47 Å². The summed E-state index contributed by atoms with van der Waals surface area (Å²) >= 11 is 0. The molecule has 1 saturated heterocycles. The van der Waals surface area contributed by atoms with Gasteiger partial charge >= 0.3 is 0 Å². The van der Waals surface area contributed by atoms with Gasteiger partial charge in [-0.25, -0.2) is 9.97 Å². The van der Waals surface area contributed by atoms with Crippen molar-refractivity contribution in [1.29, 1.82) is 0 Å². The SMILES string of the molecule is CO[C@H]1CN(c2cncc(-n3ccnc3C)n2)C[C@H]1OC. The Balaban J connectivity index is 1.86. The van der Waals surface area contributed by atoms with Gasteiger partial charge in [-0.3, -0.25) is 9.55 Å². The number of imidazole rings is 1. The van der Waals surface area contributed by atoms with Crippen LogP contribution in [0.5, 0.6) is 0 Å². The van der Waals surface area contributed by atoms with Gasteiger partial charge in [-0.05, 0) is 6.92 Å². The van der Waals surface area contributed by atoms with Crippen molar-refractivity contribution in [2.75, 3.05) is 32.2 Å². The van der Waals surface area contributed by atoms with E-state index >= 15 is 0 Å². The van der Waals surface area contributed by atoms with E-state index in [-0.39, 0.29) is 12.2 Å². The molecule has 1 aliphatic rings. The molecule has 3 heterocycles. The molecule has 112 valence electrons. The maximum absolute atomic E-state index is 5.46. The third kappa shape index (κ3) is 2.62. The zero-order valence-corrected chi connectivity index (χ0v) is 12.4. The van der Waals surface area contributed by atoms with E-state index in [2.05, 4.69) is 19.9 Å². The topological polar surface area (TPSA) is 65.3 Å². The van der Waals surface area contributed by atoms with Crippen LogP contribution in [0.1, 0.15) is 5.82 Å². The molecule has 0 spiro atoms. The zero-order chi connectivity index (χ0) is 14.8. The Bertz CT molecular complexity index is 603. The summed E-state index contributed by atoms with van der Waals surface area (Å²) in [4.78, 5) is 15.3. The minimum Gasteiger partial charge on any atom is -0.377 e. The highest BCUT2D eigenvalue weighted by Gasteiger charge is 2.33. The van der Waals surface area contributed by atoms with E-state index in [1.54, 1.807) is 32.8 Å². The van der Waals surface area contributed by atoms with Crippen molar-refractivity contribution in [3.63, 3.8) is 0 Å². The fourth-order valence-corrected chi connectivity index (χ4v) is 2.62. The van der Waals surface area contributed by atoms with Gasteiger partial charge in [0, 0.05) is 39.7 Å². The van der Waals surface area contributed by atoms with E-state index < -0.39 is 0 Å². The molecule has 2 aromatic heterocycles. The predicted octanol–water partition coefficient (Wildman–Crippen LogP) is 0.821. The van der Waals surface area contributed by atoms with E-state index in [4.69, 9.17) is 9.47 Å². The van der Waals surface area contributed by atoms with Crippen LogP contribution in [0.4, 0.5) is 5.82 Å². The van der Waals surface area contributed by atoms with E-state index in [1.807, 2.05) is 17.7 Å². The maximum atomic E-state index is 5.46. The van der Waals surface area contributed by atoms with Crippen LogP contribution in [-0.2, 0) is 9.47 Å². The monoisotopic (exact) mass is 289 g/mol. The van der Waals surface area contributed by atoms with Crippen LogP contribution in [-0.4, -0.2) is 59.0 Å². The van der Waals surface area contributed by atoms with Gasteiger partial charge in [0.25, 0.3) is 0 Å². The van der Waals surface area contributed by atoms with Crippen LogP contribution < -0.4 is 4.90 Å². The van der Waals surface area contributed by atoms with Crippen LogP contribution in [0.25, 0.3) is 5.82 Å². The predicted molar refractivity (Wildman–Crippen MR) is 77.7 cm³/mol. The standard InChI is InChI=1S/C14H19N5O2/c1-10-16-4-5-19(10)14-7-15-6-13(17-14)18-8-11(20-2)12(9-18)21-3/h4-7,11-12H,8-9H2,1-3H3/t11-,12+. The van der Waals surface area contributed by atoms with Crippen molar-refractivity contribution in [3.05, 3.63) is 30.6 Å². The average molecular weight is 289 g/mol. The molecule has 0 radical (unpaired) electrons. The number of aryl methyl sites for hydroxylation is 1. The summed E-state index contributed by atoms with van der Waals surface area (Å²) in [6, 6.07) is 0. The molecule has 0 amide bonds. The van der Waals surface area contributed by atoms with Gasteiger partial charge < -0.3 is 14.4 Å². The Morgan fingerprint density at radius 3 is 2.33 bits per heavy atom. The second-order valence-electron chi connectivity index (χ2n) is 5.03. The molecular weight excluding hydrogens is 270 g/mol. The molecule has 0 aliphatic carbocycles. The van der Waals surface area contributed by atoms with Crippen LogP contribution in [0.2, 0.25) is 0 Å². The second kappa shape index (κ2) is 5.79. The summed E-state index contributed by atoms with van der Waals surface area (Å²) in [5, 5.41) is 0. The Kier molecular flexibility index (Phi) is 3.85. The van der Waals surface area contributed by atoms with Crippen LogP contribution in [0, 0.1) is 6.92 Å². The zero-order valence-electron chi connectivity index (χ0n) is 12.4. The number of rotatable bonds is 4. The highest BCUT2D eigenvalue weighted by Crippen LogP contribution is 2.22. The molecule has 7 nitrogen and oxygen atoms in total.